The number of rotatable bonds is 2. The highest BCUT2D eigenvalue weighted by atomic mass is 19.4. The van der Waals surface area contributed by atoms with Gasteiger partial charge in [-0.25, -0.2) is 0 Å². The molecule has 1 aromatic carbocycles. The summed E-state index contributed by atoms with van der Waals surface area (Å²) in [5, 5.41) is 0. The number of halogens is 3. The van der Waals surface area contributed by atoms with Crippen LogP contribution >= 0.6 is 0 Å². The predicted octanol–water partition coefficient (Wildman–Crippen LogP) is 3.16. The highest BCUT2D eigenvalue weighted by molar-refractivity contribution is 5.64. The summed E-state index contributed by atoms with van der Waals surface area (Å²) in [6, 6.07) is 2.90. The molecule has 0 fully saturated rings. The molecule has 1 aliphatic carbocycles. The largest absolute Gasteiger partial charge is 0.573 e. The second kappa shape index (κ2) is 3.73. The van der Waals surface area contributed by atoms with Crippen LogP contribution in [-0.4, -0.2) is 13.5 Å². The maximum atomic E-state index is 12.1. The summed E-state index contributed by atoms with van der Waals surface area (Å²) in [7, 11) is 1.31. The number of benzene rings is 1. The van der Waals surface area contributed by atoms with Gasteiger partial charge in [0.25, 0.3) is 0 Å². The van der Waals surface area contributed by atoms with Gasteiger partial charge >= 0.3 is 6.36 Å². The van der Waals surface area contributed by atoms with Gasteiger partial charge in [-0.3, -0.25) is 0 Å². The Morgan fingerprint density at radius 3 is 2.56 bits per heavy atom. The quantitative estimate of drug-likeness (QED) is 0.776. The molecule has 0 heterocycles. The smallest absolute Gasteiger partial charge is 0.493 e. The molecule has 0 unspecified atom stereocenters. The number of allylic oxidation sites excluding steroid dienone is 1. The molecule has 0 saturated heterocycles. The molecule has 0 spiro atoms. The number of ether oxygens (including phenoxy) is 2. The van der Waals surface area contributed by atoms with E-state index in [2.05, 4.69) is 4.74 Å². The summed E-state index contributed by atoms with van der Waals surface area (Å²) in [6.45, 7) is 0. The number of alkyl halides is 3. The fourth-order valence-corrected chi connectivity index (χ4v) is 1.63. The van der Waals surface area contributed by atoms with Gasteiger partial charge < -0.3 is 9.47 Å². The van der Waals surface area contributed by atoms with Gasteiger partial charge in [0, 0.05) is 0 Å². The van der Waals surface area contributed by atoms with Gasteiger partial charge in [0.1, 0.15) is 0 Å². The molecule has 1 aromatic rings. The fraction of sp³-hybridized carbons (Fsp3) is 0.273. The molecule has 2 rings (SSSR count). The molecule has 0 aromatic heterocycles. The van der Waals surface area contributed by atoms with Crippen molar-refractivity contribution in [3.63, 3.8) is 0 Å². The van der Waals surface area contributed by atoms with Gasteiger partial charge in [0.2, 0.25) is 0 Å². The van der Waals surface area contributed by atoms with Crippen molar-refractivity contribution < 1.29 is 22.6 Å². The molecule has 5 heteroatoms. The van der Waals surface area contributed by atoms with Crippen LogP contribution in [0.3, 0.4) is 0 Å². The fourth-order valence-electron chi connectivity index (χ4n) is 1.63. The first-order valence-corrected chi connectivity index (χ1v) is 4.63. The summed E-state index contributed by atoms with van der Waals surface area (Å²) in [5.41, 5.74) is 1.67. The van der Waals surface area contributed by atoms with Gasteiger partial charge in [-0.15, -0.1) is 13.2 Å². The molecule has 2 nitrogen and oxygen atoms in total. The summed E-state index contributed by atoms with van der Waals surface area (Å²) < 4.78 is 45.1. The first-order chi connectivity index (χ1) is 7.49. The molecular weight excluding hydrogens is 221 g/mol. The summed E-state index contributed by atoms with van der Waals surface area (Å²) in [5.74, 6) is -0.208. The monoisotopic (exact) mass is 230 g/mol. The number of fused-ring (bicyclic) bond motifs is 1. The Balaban J connectivity index is 2.38. The second-order valence-electron chi connectivity index (χ2n) is 3.36. The molecule has 16 heavy (non-hydrogen) atoms. The summed E-state index contributed by atoms with van der Waals surface area (Å²) in [6.07, 6.45) is -0.363. The minimum atomic E-state index is -4.70. The van der Waals surface area contributed by atoms with Crippen LogP contribution in [-0.2, 0) is 6.42 Å². The van der Waals surface area contributed by atoms with E-state index in [1.54, 1.807) is 6.07 Å². The lowest BCUT2D eigenvalue weighted by Gasteiger charge is -2.14. The summed E-state index contributed by atoms with van der Waals surface area (Å²) >= 11 is 0. The average Bonchev–Trinajstić information content (AvgIpc) is 2.60. The highest BCUT2D eigenvalue weighted by Crippen LogP contribution is 2.36. The Labute approximate surface area is 90.3 Å². The Kier molecular flexibility index (Phi) is 2.53. The second-order valence-corrected chi connectivity index (χ2v) is 3.36. The topological polar surface area (TPSA) is 18.5 Å². The molecule has 0 N–H and O–H groups in total. The molecule has 86 valence electrons. The molecule has 0 radical (unpaired) electrons. The molecule has 1 aliphatic rings. The first kappa shape index (κ1) is 10.9. The van der Waals surface area contributed by atoms with Crippen LogP contribution in [0.25, 0.3) is 6.08 Å². The zero-order valence-electron chi connectivity index (χ0n) is 8.47. The van der Waals surface area contributed by atoms with Crippen molar-refractivity contribution >= 4 is 6.08 Å². The normalized spacial score (nSPS) is 13.8. The third kappa shape index (κ3) is 2.13. The van der Waals surface area contributed by atoms with Gasteiger partial charge in [-0.1, -0.05) is 12.2 Å². The number of hydrogen-bond acceptors (Lipinski definition) is 2. The minimum absolute atomic E-state index is 0.0858. The molecule has 0 bridgehead atoms. The van der Waals surface area contributed by atoms with E-state index in [1.165, 1.54) is 13.2 Å². The maximum Gasteiger partial charge on any atom is 0.573 e. The SMILES string of the molecule is COc1cc2c(cc1OC(F)(F)F)CC=C2. The third-order valence-corrected chi connectivity index (χ3v) is 2.29. The van der Waals surface area contributed by atoms with Crippen molar-refractivity contribution in [3.05, 3.63) is 29.3 Å². The lowest BCUT2D eigenvalue weighted by molar-refractivity contribution is -0.275. The van der Waals surface area contributed by atoms with Crippen LogP contribution in [0.2, 0.25) is 0 Å². The Bertz CT molecular complexity index is 436. The molecular formula is C11H9F3O2. The number of methoxy groups -OCH3 is 1. The van der Waals surface area contributed by atoms with Gasteiger partial charge in [-0.2, -0.15) is 0 Å². The molecule has 0 amide bonds. The van der Waals surface area contributed by atoms with E-state index in [9.17, 15) is 13.2 Å². The Morgan fingerprint density at radius 2 is 1.94 bits per heavy atom. The number of hydrogen-bond donors (Lipinski definition) is 0. The maximum absolute atomic E-state index is 12.1. The van der Waals surface area contributed by atoms with Gasteiger partial charge in [0.05, 0.1) is 7.11 Å². The molecule has 0 saturated carbocycles. The van der Waals surface area contributed by atoms with E-state index in [1.807, 2.05) is 12.2 Å². The highest BCUT2D eigenvalue weighted by Gasteiger charge is 2.33. The Morgan fingerprint density at radius 1 is 1.19 bits per heavy atom. The zero-order chi connectivity index (χ0) is 11.8. The van der Waals surface area contributed by atoms with Crippen LogP contribution in [0.15, 0.2) is 18.2 Å². The lowest BCUT2D eigenvalue weighted by atomic mass is 10.1. The van der Waals surface area contributed by atoms with Crippen LogP contribution in [0.5, 0.6) is 11.5 Å². The van der Waals surface area contributed by atoms with Crippen molar-refractivity contribution in [1.29, 1.82) is 0 Å². The summed E-state index contributed by atoms with van der Waals surface area (Å²) in [4.78, 5) is 0. The van der Waals surface area contributed by atoms with Gasteiger partial charge in [-0.05, 0) is 29.7 Å². The lowest BCUT2D eigenvalue weighted by Crippen LogP contribution is -2.17. The van der Waals surface area contributed by atoms with E-state index in [0.29, 0.717) is 6.42 Å². The molecule has 0 aliphatic heterocycles. The van der Waals surface area contributed by atoms with E-state index in [4.69, 9.17) is 4.74 Å². The zero-order valence-corrected chi connectivity index (χ0v) is 8.47. The van der Waals surface area contributed by atoms with Crippen molar-refractivity contribution in [3.8, 4) is 11.5 Å². The average molecular weight is 230 g/mol. The van der Waals surface area contributed by atoms with E-state index in [0.717, 1.165) is 11.1 Å². The minimum Gasteiger partial charge on any atom is -0.493 e. The predicted molar refractivity (Wildman–Crippen MR) is 52.4 cm³/mol. The van der Waals surface area contributed by atoms with Crippen molar-refractivity contribution in [2.24, 2.45) is 0 Å². The Hall–Kier alpha value is -1.65. The van der Waals surface area contributed by atoms with E-state index < -0.39 is 6.36 Å². The van der Waals surface area contributed by atoms with Crippen LogP contribution < -0.4 is 9.47 Å². The van der Waals surface area contributed by atoms with E-state index >= 15 is 0 Å². The van der Waals surface area contributed by atoms with Crippen LogP contribution in [0.1, 0.15) is 11.1 Å². The molecule has 0 atom stereocenters. The van der Waals surface area contributed by atoms with E-state index in [-0.39, 0.29) is 11.5 Å². The van der Waals surface area contributed by atoms with Crippen LogP contribution in [0, 0.1) is 0 Å². The van der Waals surface area contributed by atoms with Gasteiger partial charge in [0.15, 0.2) is 11.5 Å². The van der Waals surface area contributed by atoms with Crippen molar-refractivity contribution in [1.82, 2.24) is 0 Å². The third-order valence-electron chi connectivity index (χ3n) is 2.29. The standard InChI is InChI=1S/C11H9F3O2/c1-15-9-5-7-3-2-4-8(7)6-10(9)16-11(12,13)14/h2-3,5-6H,4H2,1H3. The van der Waals surface area contributed by atoms with Crippen molar-refractivity contribution in [2.75, 3.05) is 7.11 Å². The van der Waals surface area contributed by atoms with Crippen molar-refractivity contribution in [2.45, 2.75) is 12.8 Å². The van der Waals surface area contributed by atoms with Crippen LogP contribution in [0.4, 0.5) is 13.2 Å². The first-order valence-electron chi connectivity index (χ1n) is 4.63.